The molecule has 5 heterocycles. The minimum absolute atomic E-state index is 0.122. The van der Waals surface area contributed by atoms with E-state index in [4.69, 9.17) is 14.7 Å². The summed E-state index contributed by atoms with van der Waals surface area (Å²) in [5.74, 6) is -0.711. The minimum Gasteiger partial charge on any atom is -0.458 e. The molecule has 1 unspecified atom stereocenters. The molecule has 8 heteroatoms. The third-order valence-corrected chi connectivity index (χ3v) is 7.79. The third-order valence-electron chi connectivity index (χ3n) is 7.79. The maximum absolute atomic E-state index is 13.6. The Kier molecular flexibility index (Phi) is 5.44. The number of aliphatic imine (C=N–C) groups is 1. The van der Waals surface area contributed by atoms with Crippen molar-refractivity contribution in [2.75, 3.05) is 11.4 Å². The highest BCUT2D eigenvalue weighted by molar-refractivity contribution is 6.11. The van der Waals surface area contributed by atoms with Crippen LogP contribution in [0.3, 0.4) is 0 Å². The van der Waals surface area contributed by atoms with Crippen LogP contribution in [0, 0.1) is 0 Å². The molecule has 1 N–H and O–H groups in total. The van der Waals surface area contributed by atoms with Crippen molar-refractivity contribution in [2.45, 2.75) is 71.1 Å². The first-order chi connectivity index (χ1) is 17.5. The Labute approximate surface area is 209 Å². The molecule has 1 aromatic carbocycles. The summed E-state index contributed by atoms with van der Waals surface area (Å²) in [5, 5.41) is 12.2. The van der Waals surface area contributed by atoms with Gasteiger partial charge in [-0.2, -0.15) is 0 Å². The number of carbonyl (C=O) groups excluding carboxylic acids is 1. The molecule has 0 bridgehead atoms. The van der Waals surface area contributed by atoms with Crippen LogP contribution in [-0.4, -0.2) is 33.5 Å². The van der Waals surface area contributed by atoms with E-state index in [2.05, 4.69) is 11.8 Å². The van der Waals surface area contributed by atoms with E-state index < -0.39 is 11.6 Å². The van der Waals surface area contributed by atoms with Crippen molar-refractivity contribution < 1.29 is 14.6 Å². The highest BCUT2D eigenvalue weighted by Gasteiger charge is 2.45. The zero-order chi connectivity index (χ0) is 25.0. The van der Waals surface area contributed by atoms with Crippen molar-refractivity contribution in [3.05, 3.63) is 51.3 Å². The number of anilines is 1. The summed E-state index contributed by atoms with van der Waals surface area (Å²) < 4.78 is 6.91. The van der Waals surface area contributed by atoms with E-state index in [1.165, 1.54) is 19.3 Å². The van der Waals surface area contributed by atoms with Gasteiger partial charge in [-0.05, 0) is 31.0 Å². The molecule has 2 aromatic heterocycles. The zero-order valence-electron chi connectivity index (χ0n) is 20.7. The Morgan fingerprint density at radius 2 is 1.94 bits per heavy atom. The number of ether oxygens (including phenoxy) is 1. The van der Waals surface area contributed by atoms with Crippen LogP contribution in [0.5, 0.6) is 0 Å². The second kappa shape index (κ2) is 8.55. The van der Waals surface area contributed by atoms with E-state index in [9.17, 15) is 14.7 Å². The van der Waals surface area contributed by atoms with Crippen LogP contribution in [-0.2, 0) is 28.3 Å². The van der Waals surface area contributed by atoms with Crippen molar-refractivity contribution in [2.24, 2.45) is 4.99 Å². The fourth-order valence-electron chi connectivity index (χ4n) is 5.76. The number of unbranched alkanes of at least 4 members (excludes halogenated alkanes) is 4. The lowest BCUT2D eigenvalue weighted by Gasteiger charge is -2.31. The van der Waals surface area contributed by atoms with E-state index >= 15 is 0 Å². The third kappa shape index (κ3) is 3.24. The van der Waals surface area contributed by atoms with Crippen molar-refractivity contribution >= 4 is 34.6 Å². The number of pyridine rings is 2. The predicted octanol–water partition coefficient (Wildman–Crippen LogP) is 4.53. The summed E-state index contributed by atoms with van der Waals surface area (Å²) in [6.07, 6.45) is 7.90. The summed E-state index contributed by atoms with van der Waals surface area (Å²) >= 11 is 0. The highest BCUT2D eigenvalue weighted by Crippen LogP contribution is 2.46. The molecule has 36 heavy (non-hydrogen) atoms. The first kappa shape index (κ1) is 22.9. The predicted molar refractivity (Wildman–Crippen MR) is 139 cm³/mol. The topological polar surface area (TPSA) is 97.0 Å². The first-order valence-electron chi connectivity index (χ1n) is 12.9. The van der Waals surface area contributed by atoms with Crippen LogP contribution < -0.4 is 10.5 Å². The Balaban J connectivity index is 1.51. The van der Waals surface area contributed by atoms with Crippen LogP contribution in [0.2, 0.25) is 0 Å². The molecule has 3 aromatic rings. The van der Waals surface area contributed by atoms with E-state index in [1.807, 2.05) is 24.5 Å². The number of cyclic esters (lactones) is 1. The average molecular weight is 487 g/mol. The molecule has 6 rings (SSSR count). The summed E-state index contributed by atoms with van der Waals surface area (Å²) in [4.78, 5) is 38.0. The number of benzene rings is 1. The fourth-order valence-corrected chi connectivity index (χ4v) is 5.76. The number of esters is 1. The van der Waals surface area contributed by atoms with Crippen LogP contribution in [0.1, 0.15) is 69.1 Å². The molecule has 186 valence electrons. The van der Waals surface area contributed by atoms with E-state index in [0.717, 1.165) is 52.9 Å². The lowest BCUT2D eigenvalue weighted by atomic mass is 9.86. The lowest BCUT2D eigenvalue weighted by molar-refractivity contribution is -0.172. The maximum Gasteiger partial charge on any atom is 0.343 e. The average Bonchev–Trinajstić information content (AvgIpc) is 3.26. The molecule has 3 aliphatic rings. The highest BCUT2D eigenvalue weighted by atomic mass is 16.6. The van der Waals surface area contributed by atoms with Gasteiger partial charge in [0.05, 0.1) is 52.1 Å². The summed E-state index contributed by atoms with van der Waals surface area (Å²) in [6.45, 7) is 5.01. The Bertz CT molecular complexity index is 1490. The fraction of sp³-hybridized carbons (Fsp3) is 0.429. The van der Waals surface area contributed by atoms with Gasteiger partial charge in [0.1, 0.15) is 6.61 Å². The maximum atomic E-state index is 13.6. The van der Waals surface area contributed by atoms with Crippen molar-refractivity contribution in [1.29, 1.82) is 0 Å². The van der Waals surface area contributed by atoms with Crippen LogP contribution in [0.25, 0.3) is 22.3 Å². The van der Waals surface area contributed by atoms with Gasteiger partial charge >= 0.3 is 5.97 Å². The molecule has 3 aliphatic heterocycles. The van der Waals surface area contributed by atoms with Gasteiger partial charge < -0.3 is 19.3 Å². The van der Waals surface area contributed by atoms with Crippen LogP contribution in [0.15, 0.2) is 34.1 Å². The number of hydrogen-bond donors (Lipinski definition) is 1. The molecular weight excluding hydrogens is 456 g/mol. The normalized spacial score (nSPS) is 19.3. The quantitative estimate of drug-likeness (QED) is 0.305. The van der Waals surface area contributed by atoms with Gasteiger partial charge in [-0.25, -0.2) is 14.8 Å². The largest absolute Gasteiger partial charge is 0.458 e. The molecule has 0 saturated heterocycles. The van der Waals surface area contributed by atoms with Gasteiger partial charge in [0.2, 0.25) is 0 Å². The zero-order valence-corrected chi connectivity index (χ0v) is 20.7. The molecule has 0 amide bonds. The van der Waals surface area contributed by atoms with Gasteiger partial charge in [-0.15, -0.1) is 0 Å². The standard InChI is InChI=1S/C28H30N4O4/c1-3-5-6-7-8-12-31-16-29-20-10-9-11-21-23(20)25(31)17-14-32-22(24(17)30-21)13-19-18(26(32)33)15-36-27(34)28(19,35)4-2/h9-11,13,16,35H,3-8,12,14-15H2,1-2H3. The number of fused-ring (bicyclic) bond motifs is 5. The Hall–Kier alpha value is -3.52. The van der Waals surface area contributed by atoms with Gasteiger partial charge in [0.15, 0.2) is 5.60 Å². The molecule has 1 atom stereocenters. The number of carbonyl (C=O) groups is 1. The molecule has 0 aliphatic carbocycles. The van der Waals surface area contributed by atoms with E-state index in [0.29, 0.717) is 23.4 Å². The van der Waals surface area contributed by atoms with Crippen molar-refractivity contribution in [1.82, 2.24) is 9.55 Å². The lowest BCUT2D eigenvalue weighted by Crippen LogP contribution is -2.44. The molecule has 8 nitrogen and oxygen atoms in total. The Morgan fingerprint density at radius 1 is 1.11 bits per heavy atom. The van der Waals surface area contributed by atoms with Gasteiger partial charge in [-0.3, -0.25) is 4.79 Å². The molecule has 0 spiro atoms. The number of aromatic nitrogens is 2. The first-order valence-corrected chi connectivity index (χ1v) is 12.9. The number of hydrogen-bond acceptors (Lipinski definition) is 7. The number of aliphatic hydroxyl groups is 1. The molecule has 0 saturated carbocycles. The SMILES string of the molecule is CCCCCCCN1C=Nc2cccc3nc4c(c1c23)Cn1c-4cc2c(c1=O)COC(=O)C2(O)CC. The van der Waals surface area contributed by atoms with Crippen molar-refractivity contribution in [3.63, 3.8) is 0 Å². The molecule has 0 radical (unpaired) electrons. The Morgan fingerprint density at radius 3 is 2.75 bits per heavy atom. The van der Waals surface area contributed by atoms with E-state index in [1.54, 1.807) is 17.6 Å². The van der Waals surface area contributed by atoms with Crippen LogP contribution >= 0.6 is 0 Å². The van der Waals surface area contributed by atoms with Gasteiger partial charge in [0, 0.05) is 17.7 Å². The summed E-state index contributed by atoms with van der Waals surface area (Å²) in [6, 6.07) is 7.68. The van der Waals surface area contributed by atoms with E-state index in [-0.39, 0.29) is 18.6 Å². The molecule has 0 fully saturated rings. The number of nitrogens with zero attached hydrogens (tertiary/aromatic N) is 4. The summed E-state index contributed by atoms with van der Waals surface area (Å²) in [7, 11) is 0. The van der Waals surface area contributed by atoms with Gasteiger partial charge in [0.25, 0.3) is 5.56 Å². The van der Waals surface area contributed by atoms with Gasteiger partial charge in [-0.1, -0.05) is 45.6 Å². The van der Waals surface area contributed by atoms with Crippen molar-refractivity contribution in [3.8, 4) is 11.4 Å². The second-order valence-corrected chi connectivity index (χ2v) is 9.91. The smallest absolute Gasteiger partial charge is 0.343 e. The second-order valence-electron chi connectivity index (χ2n) is 9.91. The van der Waals surface area contributed by atoms with Crippen LogP contribution in [0.4, 0.5) is 11.4 Å². The monoisotopic (exact) mass is 486 g/mol. The molecular formula is C28H30N4O4. The number of rotatable bonds is 7. The minimum atomic E-state index is -1.83. The summed E-state index contributed by atoms with van der Waals surface area (Å²) in [5.41, 5.74) is 3.67.